The van der Waals surface area contributed by atoms with Crippen LogP contribution in [-0.4, -0.2) is 41.0 Å². The normalized spacial score (nSPS) is 25.0. The largest absolute Gasteiger partial charge is 0.390 e. The van der Waals surface area contributed by atoms with Crippen LogP contribution >= 0.6 is 11.6 Å². The Morgan fingerprint density at radius 3 is 2.42 bits per heavy atom. The summed E-state index contributed by atoms with van der Waals surface area (Å²) in [6, 6.07) is 6.71. The lowest BCUT2D eigenvalue weighted by atomic mass is 9.64. The van der Waals surface area contributed by atoms with Crippen molar-refractivity contribution in [3.63, 3.8) is 0 Å². The Bertz CT molecular complexity index is 1250. The molecule has 0 spiro atoms. The highest BCUT2D eigenvalue weighted by Gasteiger charge is 2.51. The van der Waals surface area contributed by atoms with Gasteiger partial charge < -0.3 is 15.5 Å². The maximum absolute atomic E-state index is 13.7. The minimum Gasteiger partial charge on any atom is -0.390 e. The molecule has 1 aliphatic rings. The lowest BCUT2D eigenvalue weighted by Gasteiger charge is -2.49. The van der Waals surface area contributed by atoms with Crippen LogP contribution in [0.25, 0.3) is 0 Å². The van der Waals surface area contributed by atoms with Gasteiger partial charge in [-0.25, -0.2) is 17.2 Å². The lowest BCUT2D eigenvalue weighted by molar-refractivity contribution is -0.132. The van der Waals surface area contributed by atoms with Crippen molar-refractivity contribution in [2.75, 3.05) is 5.32 Å². The molecule has 6 nitrogen and oxygen atoms in total. The Morgan fingerprint density at radius 2 is 1.83 bits per heavy atom. The molecule has 0 aromatic heterocycles. The van der Waals surface area contributed by atoms with Crippen LogP contribution in [0.3, 0.4) is 0 Å². The van der Waals surface area contributed by atoms with Gasteiger partial charge in [0.25, 0.3) is 5.91 Å². The number of hydrogen-bond donors (Lipinski definition) is 3. The van der Waals surface area contributed by atoms with Gasteiger partial charge in [0.05, 0.1) is 26.4 Å². The third-order valence-corrected chi connectivity index (χ3v) is 9.70. The smallest absolute Gasteiger partial charge is 0.255 e. The number of nitrogens with one attached hydrogen (secondary N) is 1. The van der Waals surface area contributed by atoms with E-state index in [1.165, 1.54) is 24.3 Å². The number of sulfone groups is 1. The van der Waals surface area contributed by atoms with Crippen LogP contribution in [0.4, 0.5) is 14.5 Å². The van der Waals surface area contributed by atoms with Gasteiger partial charge in [-0.3, -0.25) is 4.79 Å². The molecule has 198 valence electrons. The second kappa shape index (κ2) is 10.4. The summed E-state index contributed by atoms with van der Waals surface area (Å²) in [5.74, 6) is -3.69. The predicted molar refractivity (Wildman–Crippen MR) is 135 cm³/mol. The van der Waals surface area contributed by atoms with Crippen molar-refractivity contribution < 1.29 is 32.2 Å². The molecule has 1 fully saturated rings. The Morgan fingerprint density at radius 1 is 1.17 bits per heavy atom. The van der Waals surface area contributed by atoms with Gasteiger partial charge in [0, 0.05) is 23.7 Å². The van der Waals surface area contributed by atoms with Crippen LogP contribution in [0.5, 0.6) is 0 Å². The second-order valence-corrected chi connectivity index (χ2v) is 13.0. The van der Waals surface area contributed by atoms with Crippen molar-refractivity contribution in [1.29, 1.82) is 0 Å². The first kappa shape index (κ1) is 28.5. The minimum absolute atomic E-state index is 0.0104. The Hall–Kier alpha value is -2.07. The van der Waals surface area contributed by atoms with E-state index in [0.29, 0.717) is 6.42 Å². The highest BCUT2D eigenvalue weighted by molar-refractivity contribution is 7.92. The second-order valence-electron chi connectivity index (χ2n) is 10.4. The Labute approximate surface area is 215 Å². The summed E-state index contributed by atoms with van der Waals surface area (Å²) in [7, 11) is -4.00. The van der Waals surface area contributed by atoms with E-state index in [2.05, 4.69) is 5.32 Å². The molecule has 2 aromatic carbocycles. The summed E-state index contributed by atoms with van der Waals surface area (Å²) in [6.45, 7) is 6.88. The number of rotatable bonds is 7. The van der Waals surface area contributed by atoms with E-state index in [9.17, 15) is 32.2 Å². The molecule has 36 heavy (non-hydrogen) atoms. The van der Waals surface area contributed by atoms with E-state index in [1.807, 2.05) is 6.92 Å². The first-order chi connectivity index (χ1) is 16.6. The molecule has 1 saturated carbocycles. The Kier molecular flexibility index (Phi) is 8.20. The summed E-state index contributed by atoms with van der Waals surface area (Å²) in [5.41, 5.74) is -2.36. The zero-order chi connectivity index (χ0) is 27.1. The standard InChI is InChI=1S/C26H32ClF2NO5S/c1-5-17-12-19(10-15(2)26(17,33)14-25(3,4)32)36(34,35)23-11-16(6-8-20(23)27)24(31)30-18-7-9-21(28)22(29)13-18/h6-9,11,13,15,17,19,32-33H,5,10,12,14H2,1-4H3,(H,30,31)/t15-,17?,19-,26-/m0/s1. The SMILES string of the molecule is CCC1C[C@@H](S(=O)(=O)c2cc(C(=O)Nc3ccc(F)c(F)c3)ccc2Cl)C[C@H](C)[C@@]1(O)CC(C)(C)O. The fraction of sp³-hybridized carbons (Fsp3) is 0.500. The summed E-state index contributed by atoms with van der Waals surface area (Å²) in [4.78, 5) is 12.5. The van der Waals surface area contributed by atoms with Gasteiger partial charge >= 0.3 is 0 Å². The molecule has 0 aliphatic heterocycles. The molecule has 2 aromatic rings. The van der Waals surface area contributed by atoms with Crippen LogP contribution in [0.2, 0.25) is 5.02 Å². The molecule has 1 amide bonds. The highest BCUT2D eigenvalue weighted by Crippen LogP contribution is 2.47. The zero-order valence-corrected chi connectivity index (χ0v) is 22.3. The van der Waals surface area contributed by atoms with Gasteiger partial charge in [0.15, 0.2) is 21.5 Å². The van der Waals surface area contributed by atoms with Crippen LogP contribution in [0, 0.1) is 23.5 Å². The molecule has 1 aliphatic carbocycles. The lowest BCUT2D eigenvalue weighted by Crippen LogP contribution is -2.54. The van der Waals surface area contributed by atoms with Crippen LogP contribution < -0.4 is 5.32 Å². The van der Waals surface area contributed by atoms with Gasteiger partial charge in [-0.15, -0.1) is 0 Å². The average molecular weight is 544 g/mol. The van der Waals surface area contributed by atoms with Gasteiger partial charge in [-0.2, -0.15) is 0 Å². The van der Waals surface area contributed by atoms with Gasteiger partial charge in [-0.1, -0.05) is 31.9 Å². The van der Waals surface area contributed by atoms with E-state index in [0.717, 1.165) is 12.1 Å². The number of carbonyl (C=O) groups excluding carboxylic acids is 1. The van der Waals surface area contributed by atoms with Gasteiger partial charge in [-0.05, 0) is 68.9 Å². The van der Waals surface area contributed by atoms with E-state index < -0.39 is 49.7 Å². The molecule has 0 heterocycles. The number of benzene rings is 2. The van der Waals surface area contributed by atoms with Crippen molar-refractivity contribution in [3.05, 3.63) is 58.6 Å². The van der Waals surface area contributed by atoms with E-state index in [-0.39, 0.29) is 46.3 Å². The number of amides is 1. The van der Waals surface area contributed by atoms with E-state index in [1.54, 1.807) is 20.8 Å². The predicted octanol–water partition coefficient (Wildman–Crippen LogP) is 5.36. The fourth-order valence-electron chi connectivity index (χ4n) is 5.22. The van der Waals surface area contributed by atoms with Crippen LogP contribution in [0.1, 0.15) is 63.7 Å². The molecule has 3 N–H and O–H groups in total. The zero-order valence-electron chi connectivity index (χ0n) is 20.7. The summed E-state index contributed by atoms with van der Waals surface area (Å²) in [6.07, 6.45) is 0.977. The Balaban J connectivity index is 1.90. The van der Waals surface area contributed by atoms with Crippen molar-refractivity contribution in [1.82, 2.24) is 0 Å². The van der Waals surface area contributed by atoms with Gasteiger partial charge in [0.1, 0.15) is 0 Å². The first-order valence-corrected chi connectivity index (χ1v) is 13.8. The quantitative estimate of drug-likeness (QED) is 0.436. The highest BCUT2D eigenvalue weighted by atomic mass is 35.5. The van der Waals surface area contributed by atoms with Crippen molar-refractivity contribution in [2.24, 2.45) is 11.8 Å². The average Bonchev–Trinajstić information content (AvgIpc) is 2.77. The molecule has 0 radical (unpaired) electrons. The topological polar surface area (TPSA) is 104 Å². The minimum atomic E-state index is -4.00. The van der Waals surface area contributed by atoms with E-state index >= 15 is 0 Å². The number of carbonyl (C=O) groups is 1. The molecule has 0 saturated heterocycles. The maximum Gasteiger partial charge on any atom is 0.255 e. The number of aliphatic hydroxyl groups is 2. The maximum atomic E-state index is 13.7. The van der Waals surface area contributed by atoms with Crippen molar-refractivity contribution >= 4 is 33.0 Å². The van der Waals surface area contributed by atoms with Crippen LogP contribution in [0.15, 0.2) is 41.3 Å². The molecule has 1 unspecified atom stereocenters. The van der Waals surface area contributed by atoms with Gasteiger partial charge in [0.2, 0.25) is 0 Å². The van der Waals surface area contributed by atoms with E-state index in [4.69, 9.17) is 11.6 Å². The summed E-state index contributed by atoms with van der Waals surface area (Å²) < 4.78 is 54.0. The molecular formula is C26H32ClF2NO5S. The number of anilines is 1. The molecular weight excluding hydrogens is 512 g/mol. The number of hydrogen-bond acceptors (Lipinski definition) is 5. The third-order valence-electron chi connectivity index (χ3n) is 7.05. The molecule has 4 atom stereocenters. The van der Waals surface area contributed by atoms with Crippen molar-refractivity contribution in [2.45, 2.75) is 74.7 Å². The molecule has 0 bridgehead atoms. The molecule has 3 rings (SSSR count). The fourth-order valence-corrected chi connectivity index (χ4v) is 7.68. The monoisotopic (exact) mass is 543 g/mol. The third kappa shape index (κ3) is 5.90. The summed E-state index contributed by atoms with van der Waals surface area (Å²) >= 11 is 6.27. The van der Waals surface area contributed by atoms with Crippen molar-refractivity contribution in [3.8, 4) is 0 Å². The molecule has 10 heteroatoms. The first-order valence-electron chi connectivity index (χ1n) is 11.8. The number of halogens is 3. The summed E-state index contributed by atoms with van der Waals surface area (Å²) in [5, 5.41) is 23.3. The van der Waals surface area contributed by atoms with Crippen LogP contribution in [-0.2, 0) is 9.84 Å².